The molecule has 3 N–H and O–H groups in total. The standard InChI is InChI=1S/C30H35N3O7S/c1-21(2)27(33-30(36)40-20-24-12-8-5-9-13-24)28(34)32-26(29(35)39-19-23-10-6-4-7-11-23)18-31-41(37,38)25-16-14-22(3)15-17-25/h4-17,21,26-27,31H,18-20H2,1-3H3,(H,32,34)(H,33,36)/t26-,27+/m0/s1. The number of alkyl carbamates (subject to hydrolysis) is 1. The fraction of sp³-hybridized carbons (Fsp3) is 0.300. The Morgan fingerprint density at radius 1 is 0.756 bits per heavy atom. The number of ether oxygens (including phenoxy) is 2. The van der Waals surface area contributed by atoms with Gasteiger partial charge in [0.25, 0.3) is 0 Å². The Morgan fingerprint density at radius 2 is 1.29 bits per heavy atom. The van der Waals surface area contributed by atoms with Crippen molar-refractivity contribution in [1.29, 1.82) is 0 Å². The minimum absolute atomic E-state index is 0.00807. The van der Waals surface area contributed by atoms with Crippen molar-refractivity contribution in [3.63, 3.8) is 0 Å². The topological polar surface area (TPSA) is 140 Å². The van der Waals surface area contributed by atoms with E-state index in [0.717, 1.165) is 11.1 Å². The molecule has 218 valence electrons. The van der Waals surface area contributed by atoms with Gasteiger partial charge in [-0.2, -0.15) is 0 Å². The molecule has 0 spiro atoms. The molecule has 0 aliphatic carbocycles. The number of benzene rings is 3. The minimum Gasteiger partial charge on any atom is -0.459 e. The largest absolute Gasteiger partial charge is 0.459 e. The monoisotopic (exact) mass is 581 g/mol. The van der Waals surface area contributed by atoms with Crippen LogP contribution in [0.15, 0.2) is 89.8 Å². The molecule has 3 aromatic rings. The highest BCUT2D eigenvalue weighted by Crippen LogP contribution is 2.11. The normalized spacial score (nSPS) is 12.7. The summed E-state index contributed by atoms with van der Waals surface area (Å²) < 4.78 is 38.7. The molecule has 0 saturated carbocycles. The van der Waals surface area contributed by atoms with Crippen LogP contribution in [0.4, 0.5) is 4.79 Å². The number of amides is 2. The lowest BCUT2D eigenvalue weighted by atomic mass is 10.0. The zero-order chi connectivity index (χ0) is 29.8. The Bertz CT molecular complexity index is 1400. The van der Waals surface area contributed by atoms with Crippen LogP contribution in [0.1, 0.15) is 30.5 Å². The predicted octanol–water partition coefficient (Wildman–Crippen LogP) is 3.45. The number of nitrogens with one attached hydrogen (secondary N) is 3. The second kappa shape index (κ2) is 15.0. The fourth-order valence-electron chi connectivity index (χ4n) is 3.70. The Labute approximate surface area is 240 Å². The fourth-order valence-corrected chi connectivity index (χ4v) is 4.75. The summed E-state index contributed by atoms with van der Waals surface area (Å²) in [7, 11) is -4.00. The third kappa shape index (κ3) is 10.0. The Balaban J connectivity index is 1.70. The Morgan fingerprint density at radius 3 is 1.83 bits per heavy atom. The lowest BCUT2D eigenvalue weighted by molar-refractivity contribution is -0.149. The third-order valence-corrected chi connectivity index (χ3v) is 7.51. The molecule has 11 heteroatoms. The lowest BCUT2D eigenvalue weighted by Crippen LogP contribution is -2.56. The first-order valence-corrected chi connectivity index (χ1v) is 14.6. The van der Waals surface area contributed by atoms with Gasteiger partial charge in [0.05, 0.1) is 4.90 Å². The van der Waals surface area contributed by atoms with Gasteiger partial charge in [-0.3, -0.25) is 4.79 Å². The first-order valence-electron chi connectivity index (χ1n) is 13.1. The van der Waals surface area contributed by atoms with Crippen LogP contribution in [-0.4, -0.2) is 45.0 Å². The molecule has 0 aliphatic rings. The highest BCUT2D eigenvalue weighted by molar-refractivity contribution is 7.89. The van der Waals surface area contributed by atoms with Gasteiger partial charge in [0.1, 0.15) is 25.3 Å². The molecule has 41 heavy (non-hydrogen) atoms. The van der Waals surface area contributed by atoms with E-state index in [1.807, 2.05) is 31.2 Å². The Hall–Kier alpha value is -4.22. The maximum Gasteiger partial charge on any atom is 0.408 e. The zero-order valence-electron chi connectivity index (χ0n) is 23.2. The van der Waals surface area contributed by atoms with Crippen molar-refractivity contribution in [2.24, 2.45) is 5.92 Å². The van der Waals surface area contributed by atoms with E-state index in [-0.39, 0.29) is 24.0 Å². The van der Waals surface area contributed by atoms with E-state index in [2.05, 4.69) is 15.4 Å². The predicted molar refractivity (Wildman–Crippen MR) is 153 cm³/mol. The van der Waals surface area contributed by atoms with Crippen LogP contribution in [0.3, 0.4) is 0 Å². The maximum atomic E-state index is 13.2. The number of aryl methyl sites for hydroxylation is 1. The number of hydrogen-bond acceptors (Lipinski definition) is 7. The van der Waals surface area contributed by atoms with Gasteiger partial charge in [-0.1, -0.05) is 92.2 Å². The van der Waals surface area contributed by atoms with Crippen LogP contribution in [0.2, 0.25) is 0 Å². The highest BCUT2D eigenvalue weighted by atomic mass is 32.2. The number of rotatable bonds is 13. The van der Waals surface area contributed by atoms with Crippen LogP contribution >= 0.6 is 0 Å². The summed E-state index contributed by atoms with van der Waals surface area (Å²) in [5.41, 5.74) is 2.37. The summed E-state index contributed by atoms with van der Waals surface area (Å²) in [6.07, 6.45) is -0.814. The molecule has 2 amide bonds. The zero-order valence-corrected chi connectivity index (χ0v) is 24.0. The molecule has 2 atom stereocenters. The van der Waals surface area contributed by atoms with Crippen molar-refractivity contribution in [2.75, 3.05) is 6.54 Å². The van der Waals surface area contributed by atoms with Crippen molar-refractivity contribution in [1.82, 2.24) is 15.4 Å². The summed E-state index contributed by atoms with van der Waals surface area (Å²) in [4.78, 5) is 38.8. The van der Waals surface area contributed by atoms with Crippen LogP contribution in [-0.2, 0) is 42.3 Å². The van der Waals surface area contributed by atoms with E-state index < -0.39 is 46.6 Å². The molecule has 10 nitrogen and oxygen atoms in total. The number of hydrogen-bond donors (Lipinski definition) is 3. The third-order valence-electron chi connectivity index (χ3n) is 6.07. The molecular formula is C30H35N3O7S. The van der Waals surface area contributed by atoms with Crippen LogP contribution in [0.5, 0.6) is 0 Å². The molecule has 0 heterocycles. The summed E-state index contributed by atoms with van der Waals surface area (Å²) in [5.74, 6) is -1.93. The molecule has 0 aromatic heterocycles. The van der Waals surface area contributed by atoms with E-state index in [1.165, 1.54) is 12.1 Å². The van der Waals surface area contributed by atoms with E-state index in [9.17, 15) is 22.8 Å². The van der Waals surface area contributed by atoms with Crippen LogP contribution in [0.25, 0.3) is 0 Å². The molecule has 3 aromatic carbocycles. The van der Waals surface area contributed by atoms with Crippen molar-refractivity contribution in [2.45, 2.75) is 51.0 Å². The van der Waals surface area contributed by atoms with Gasteiger partial charge < -0.3 is 20.1 Å². The van der Waals surface area contributed by atoms with Crippen LogP contribution < -0.4 is 15.4 Å². The molecule has 0 bridgehead atoms. The molecule has 0 aliphatic heterocycles. The van der Waals surface area contributed by atoms with Gasteiger partial charge in [0.2, 0.25) is 15.9 Å². The average molecular weight is 582 g/mol. The van der Waals surface area contributed by atoms with E-state index >= 15 is 0 Å². The number of carbonyl (C=O) groups is 3. The molecule has 0 fully saturated rings. The highest BCUT2D eigenvalue weighted by Gasteiger charge is 2.31. The van der Waals surface area contributed by atoms with Crippen LogP contribution in [0, 0.1) is 12.8 Å². The molecule has 0 unspecified atom stereocenters. The first kappa shape index (κ1) is 31.3. The number of esters is 1. The molecule has 0 radical (unpaired) electrons. The summed E-state index contributed by atoms with van der Waals surface area (Å²) in [5, 5.41) is 5.06. The first-order chi connectivity index (χ1) is 19.5. The van der Waals surface area contributed by atoms with Crippen molar-refractivity contribution in [3.8, 4) is 0 Å². The van der Waals surface area contributed by atoms with E-state index in [4.69, 9.17) is 9.47 Å². The quantitative estimate of drug-likeness (QED) is 0.263. The van der Waals surface area contributed by atoms with E-state index in [1.54, 1.807) is 62.4 Å². The van der Waals surface area contributed by atoms with Gasteiger partial charge in [-0.15, -0.1) is 0 Å². The minimum atomic E-state index is -4.00. The van der Waals surface area contributed by atoms with E-state index in [0.29, 0.717) is 5.56 Å². The SMILES string of the molecule is Cc1ccc(S(=O)(=O)NC[C@H](NC(=O)[C@H](NC(=O)OCc2ccccc2)C(C)C)C(=O)OCc2ccccc2)cc1. The van der Waals surface area contributed by atoms with Gasteiger partial charge in [-0.25, -0.2) is 22.7 Å². The number of carbonyl (C=O) groups excluding carboxylic acids is 3. The average Bonchev–Trinajstić information content (AvgIpc) is 2.96. The maximum absolute atomic E-state index is 13.2. The van der Waals surface area contributed by atoms with Crippen molar-refractivity contribution >= 4 is 28.0 Å². The summed E-state index contributed by atoms with van der Waals surface area (Å²) >= 11 is 0. The molecular weight excluding hydrogens is 546 g/mol. The smallest absolute Gasteiger partial charge is 0.408 e. The van der Waals surface area contributed by atoms with Crippen molar-refractivity contribution < 1.29 is 32.3 Å². The van der Waals surface area contributed by atoms with Gasteiger partial charge in [0.15, 0.2) is 0 Å². The molecule has 3 rings (SSSR count). The second-order valence-corrected chi connectivity index (χ2v) is 11.5. The number of sulfonamides is 1. The Kier molecular flexibility index (Phi) is 11.4. The second-order valence-electron chi connectivity index (χ2n) is 9.75. The van der Waals surface area contributed by atoms with Gasteiger partial charge >= 0.3 is 12.1 Å². The summed E-state index contributed by atoms with van der Waals surface area (Å²) in [6.45, 7) is 4.71. The summed E-state index contributed by atoms with van der Waals surface area (Å²) in [6, 6.07) is 21.7. The van der Waals surface area contributed by atoms with Gasteiger partial charge in [-0.05, 0) is 36.1 Å². The van der Waals surface area contributed by atoms with Crippen molar-refractivity contribution in [3.05, 3.63) is 102 Å². The molecule has 0 saturated heterocycles. The lowest BCUT2D eigenvalue weighted by Gasteiger charge is -2.25. The van der Waals surface area contributed by atoms with Gasteiger partial charge in [0, 0.05) is 6.54 Å².